The van der Waals surface area contributed by atoms with Crippen molar-refractivity contribution in [2.24, 2.45) is 13.0 Å². The van der Waals surface area contributed by atoms with Gasteiger partial charge in [0.1, 0.15) is 0 Å². The summed E-state index contributed by atoms with van der Waals surface area (Å²) in [5, 5.41) is 17.0. The van der Waals surface area contributed by atoms with E-state index in [1.54, 1.807) is 0 Å². The van der Waals surface area contributed by atoms with Crippen LogP contribution in [-0.4, -0.2) is 26.9 Å². The van der Waals surface area contributed by atoms with Gasteiger partial charge in [-0.1, -0.05) is 6.92 Å². The second kappa shape index (κ2) is 6.72. The third-order valence-electron chi connectivity index (χ3n) is 4.14. The summed E-state index contributed by atoms with van der Waals surface area (Å²) in [4.78, 5) is 10.9. The van der Waals surface area contributed by atoms with E-state index < -0.39 is 5.97 Å². The van der Waals surface area contributed by atoms with Gasteiger partial charge in [0, 0.05) is 19.6 Å². The maximum atomic E-state index is 10.9. The molecule has 1 aromatic rings. The Labute approximate surface area is 127 Å². The Hall–Kier alpha value is -0.880. The Morgan fingerprint density at radius 3 is 2.60 bits per heavy atom. The predicted octanol–water partition coefficient (Wildman–Crippen LogP) is 2.48. The summed E-state index contributed by atoms with van der Waals surface area (Å²) in [5.74, 6) is -0.798. The van der Waals surface area contributed by atoms with Gasteiger partial charge in [-0.05, 0) is 48.0 Å². The highest BCUT2D eigenvalue weighted by atomic mass is 79.9. The van der Waals surface area contributed by atoms with Gasteiger partial charge in [0.05, 0.1) is 21.8 Å². The number of hydrogen-bond acceptors (Lipinski definition) is 3. The molecule has 112 valence electrons. The number of carbonyl (C=O) groups is 1. The molecule has 1 aromatic heterocycles. The molecule has 0 atom stereocenters. The number of aryl methyl sites for hydroxylation is 2. The molecular formula is C14H22BrN3O2. The SMILES string of the molecule is CCc1nn(C)c(CNC2CCC(C(=O)O)CC2)c1Br. The van der Waals surface area contributed by atoms with Crippen LogP contribution in [0.15, 0.2) is 4.47 Å². The Kier molecular flexibility index (Phi) is 5.21. The van der Waals surface area contributed by atoms with Crippen molar-refractivity contribution >= 4 is 21.9 Å². The van der Waals surface area contributed by atoms with Gasteiger partial charge < -0.3 is 10.4 Å². The highest BCUT2D eigenvalue weighted by Gasteiger charge is 2.26. The van der Waals surface area contributed by atoms with Crippen LogP contribution in [0.4, 0.5) is 0 Å². The third-order valence-corrected chi connectivity index (χ3v) is 5.05. The van der Waals surface area contributed by atoms with Crippen molar-refractivity contribution in [3.63, 3.8) is 0 Å². The molecule has 0 unspecified atom stereocenters. The summed E-state index contributed by atoms with van der Waals surface area (Å²) in [6.07, 6.45) is 4.35. The van der Waals surface area contributed by atoms with Gasteiger partial charge in [0.2, 0.25) is 0 Å². The van der Waals surface area contributed by atoms with Crippen molar-refractivity contribution in [2.45, 2.75) is 51.6 Å². The van der Waals surface area contributed by atoms with Crippen LogP contribution in [-0.2, 0) is 24.8 Å². The first-order chi connectivity index (χ1) is 9.52. The minimum atomic E-state index is -0.648. The molecule has 20 heavy (non-hydrogen) atoms. The summed E-state index contributed by atoms with van der Waals surface area (Å²) in [5.41, 5.74) is 2.24. The van der Waals surface area contributed by atoms with Crippen molar-refractivity contribution in [3.05, 3.63) is 15.9 Å². The normalized spacial score (nSPS) is 22.9. The molecule has 2 rings (SSSR count). The smallest absolute Gasteiger partial charge is 0.306 e. The van der Waals surface area contributed by atoms with E-state index in [0.29, 0.717) is 6.04 Å². The summed E-state index contributed by atoms with van der Waals surface area (Å²) in [6, 6.07) is 0.414. The Bertz CT molecular complexity index is 479. The maximum absolute atomic E-state index is 10.9. The van der Waals surface area contributed by atoms with Crippen LogP contribution in [0.5, 0.6) is 0 Å². The predicted molar refractivity (Wildman–Crippen MR) is 80.5 cm³/mol. The number of aromatic nitrogens is 2. The molecule has 0 aliphatic heterocycles. The van der Waals surface area contributed by atoms with Crippen molar-refractivity contribution in [2.75, 3.05) is 0 Å². The number of hydrogen-bond donors (Lipinski definition) is 2. The van der Waals surface area contributed by atoms with Gasteiger partial charge in [-0.2, -0.15) is 5.10 Å². The molecule has 1 aliphatic carbocycles. The molecule has 2 N–H and O–H groups in total. The fourth-order valence-corrected chi connectivity index (χ4v) is 3.55. The molecule has 1 aliphatic rings. The molecule has 0 amide bonds. The van der Waals surface area contributed by atoms with Crippen LogP contribution < -0.4 is 5.32 Å². The quantitative estimate of drug-likeness (QED) is 0.861. The molecular weight excluding hydrogens is 322 g/mol. The number of rotatable bonds is 5. The van der Waals surface area contributed by atoms with Crippen LogP contribution in [0.25, 0.3) is 0 Å². The number of nitrogens with one attached hydrogen (secondary N) is 1. The highest BCUT2D eigenvalue weighted by Crippen LogP contribution is 2.26. The average molecular weight is 344 g/mol. The fraction of sp³-hybridized carbons (Fsp3) is 0.714. The van der Waals surface area contributed by atoms with E-state index in [2.05, 4.69) is 33.3 Å². The summed E-state index contributed by atoms with van der Waals surface area (Å²) in [7, 11) is 1.96. The monoisotopic (exact) mass is 343 g/mol. The lowest BCUT2D eigenvalue weighted by atomic mass is 9.86. The molecule has 0 aromatic carbocycles. The van der Waals surface area contributed by atoms with E-state index in [0.717, 1.165) is 54.5 Å². The molecule has 1 fully saturated rings. The molecule has 5 nitrogen and oxygen atoms in total. The van der Waals surface area contributed by atoms with Gasteiger partial charge in [-0.15, -0.1) is 0 Å². The lowest BCUT2D eigenvalue weighted by Crippen LogP contribution is -2.35. The third kappa shape index (κ3) is 3.41. The summed E-state index contributed by atoms with van der Waals surface area (Å²) < 4.78 is 3.01. The zero-order chi connectivity index (χ0) is 14.7. The number of halogens is 1. The zero-order valence-corrected chi connectivity index (χ0v) is 13.6. The van der Waals surface area contributed by atoms with Crippen molar-refractivity contribution in [1.82, 2.24) is 15.1 Å². The Morgan fingerprint density at radius 1 is 1.45 bits per heavy atom. The second-order valence-electron chi connectivity index (χ2n) is 5.45. The van der Waals surface area contributed by atoms with Crippen LogP contribution >= 0.6 is 15.9 Å². The van der Waals surface area contributed by atoms with Crippen LogP contribution in [0.3, 0.4) is 0 Å². The minimum absolute atomic E-state index is 0.150. The van der Waals surface area contributed by atoms with Gasteiger partial charge in [0.15, 0.2) is 0 Å². The maximum Gasteiger partial charge on any atom is 0.306 e. The minimum Gasteiger partial charge on any atom is -0.481 e. The average Bonchev–Trinajstić information content (AvgIpc) is 2.71. The second-order valence-corrected chi connectivity index (χ2v) is 6.25. The van der Waals surface area contributed by atoms with E-state index >= 15 is 0 Å². The first kappa shape index (κ1) is 15.5. The van der Waals surface area contributed by atoms with E-state index in [-0.39, 0.29) is 5.92 Å². The lowest BCUT2D eigenvalue weighted by Gasteiger charge is -2.27. The summed E-state index contributed by atoms with van der Waals surface area (Å²) >= 11 is 3.61. The molecule has 1 heterocycles. The first-order valence-electron chi connectivity index (χ1n) is 7.19. The topological polar surface area (TPSA) is 67.2 Å². The van der Waals surface area contributed by atoms with E-state index in [1.807, 2.05) is 11.7 Å². The van der Waals surface area contributed by atoms with Crippen molar-refractivity contribution in [3.8, 4) is 0 Å². The number of nitrogens with zero attached hydrogens (tertiary/aromatic N) is 2. The Morgan fingerprint density at radius 2 is 2.10 bits per heavy atom. The molecule has 1 saturated carbocycles. The molecule has 0 bridgehead atoms. The van der Waals surface area contributed by atoms with Crippen LogP contribution in [0.1, 0.15) is 44.0 Å². The van der Waals surface area contributed by atoms with E-state index in [4.69, 9.17) is 5.11 Å². The van der Waals surface area contributed by atoms with Crippen molar-refractivity contribution in [1.29, 1.82) is 0 Å². The zero-order valence-electron chi connectivity index (χ0n) is 12.0. The molecule has 0 radical (unpaired) electrons. The number of carboxylic acid groups (broad SMARTS) is 1. The van der Waals surface area contributed by atoms with Crippen LogP contribution in [0.2, 0.25) is 0 Å². The lowest BCUT2D eigenvalue weighted by molar-refractivity contribution is -0.142. The van der Waals surface area contributed by atoms with Crippen LogP contribution in [0, 0.1) is 5.92 Å². The standard InChI is InChI=1S/C14H22BrN3O2/c1-3-11-13(15)12(18(2)17-11)8-16-10-6-4-9(5-7-10)14(19)20/h9-10,16H,3-8H2,1-2H3,(H,19,20). The Balaban J connectivity index is 1.88. The van der Waals surface area contributed by atoms with Gasteiger partial charge in [0.25, 0.3) is 0 Å². The summed E-state index contributed by atoms with van der Waals surface area (Å²) in [6.45, 7) is 2.87. The first-order valence-corrected chi connectivity index (χ1v) is 7.98. The number of aliphatic carboxylic acids is 1. The van der Waals surface area contributed by atoms with Crippen molar-refractivity contribution < 1.29 is 9.90 Å². The van der Waals surface area contributed by atoms with E-state index in [9.17, 15) is 4.79 Å². The van der Waals surface area contributed by atoms with Gasteiger partial charge in [-0.3, -0.25) is 9.48 Å². The fourth-order valence-electron chi connectivity index (χ4n) is 2.80. The van der Waals surface area contributed by atoms with Gasteiger partial charge in [-0.25, -0.2) is 0 Å². The van der Waals surface area contributed by atoms with Gasteiger partial charge >= 0.3 is 5.97 Å². The van der Waals surface area contributed by atoms with E-state index in [1.165, 1.54) is 0 Å². The highest BCUT2D eigenvalue weighted by molar-refractivity contribution is 9.10. The molecule has 0 saturated heterocycles. The molecule has 6 heteroatoms. The number of carboxylic acids is 1. The molecule has 0 spiro atoms. The largest absolute Gasteiger partial charge is 0.481 e.